The van der Waals surface area contributed by atoms with Crippen molar-refractivity contribution < 1.29 is 4.42 Å². The SMILES string of the molecule is CCN(Cc1ccco1)CC1CCCNC1. The fraction of sp³-hybridized carbons (Fsp3) is 0.692. The summed E-state index contributed by atoms with van der Waals surface area (Å²) < 4.78 is 5.40. The summed E-state index contributed by atoms with van der Waals surface area (Å²) in [7, 11) is 0. The second-order valence-electron chi connectivity index (χ2n) is 4.62. The van der Waals surface area contributed by atoms with Gasteiger partial charge in [0, 0.05) is 6.54 Å². The number of nitrogens with one attached hydrogen (secondary N) is 1. The molecular formula is C13H22N2O. The third-order valence-electron chi connectivity index (χ3n) is 3.32. The molecule has 16 heavy (non-hydrogen) atoms. The fourth-order valence-corrected chi connectivity index (χ4v) is 2.37. The Morgan fingerprint density at radius 3 is 3.12 bits per heavy atom. The number of rotatable bonds is 5. The predicted octanol–water partition coefficient (Wildman–Crippen LogP) is 2.10. The lowest BCUT2D eigenvalue weighted by molar-refractivity contribution is 0.197. The van der Waals surface area contributed by atoms with Crippen LogP contribution in [0, 0.1) is 5.92 Å². The van der Waals surface area contributed by atoms with Crippen molar-refractivity contribution in [3.8, 4) is 0 Å². The lowest BCUT2D eigenvalue weighted by Gasteiger charge is -2.28. The molecule has 1 aliphatic heterocycles. The third-order valence-corrected chi connectivity index (χ3v) is 3.32. The molecule has 1 unspecified atom stereocenters. The highest BCUT2D eigenvalue weighted by molar-refractivity contribution is 4.97. The molecular weight excluding hydrogens is 200 g/mol. The minimum absolute atomic E-state index is 0.809. The average Bonchev–Trinajstić information content (AvgIpc) is 2.82. The average molecular weight is 222 g/mol. The first-order valence-electron chi connectivity index (χ1n) is 6.34. The van der Waals surface area contributed by atoms with E-state index in [1.54, 1.807) is 6.26 Å². The molecule has 0 aromatic carbocycles. The van der Waals surface area contributed by atoms with E-state index >= 15 is 0 Å². The summed E-state index contributed by atoms with van der Waals surface area (Å²) in [5.74, 6) is 1.88. The van der Waals surface area contributed by atoms with E-state index in [1.807, 2.05) is 6.07 Å². The summed E-state index contributed by atoms with van der Waals surface area (Å²) >= 11 is 0. The molecule has 90 valence electrons. The molecule has 1 saturated heterocycles. The summed E-state index contributed by atoms with van der Waals surface area (Å²) in [6.45, 7) is 7.82. The highest BCUT2D eigenvalue weighted by Gasteiger charge is 2.16. The molecule has 1 fully saturated rings. The zero-order chi connectivity index (χ0) is 11.2. The molecule has 2 rings (SSSR count). The van der Waals surface area contributed by atoms with Gasteiger partial charge in [0.05, 0.1) is 12.8 Å². The Balaban J connectivity index is 1.80. The van der Waals surface area contributed by atoms with Gasteiger partial charge in [0.2, 0.25) is 0 Å². The zero-order valence-electron chi connectivity index (χ0n) is 10.1. The summed E-state index contributed by atoms with van der Waals surface area (Å²) in [6.07, 6.45) is 4.44. The summed E-state index contributed by atoms with van der Waals surface area (Å²) in [5.41, 5.74) is 0. The van der Waals surface area contributed by atoms with Gasteiger partial charge in [0.25, 0.3) is 0 Å². The van der Waals surface area contributed by atoms with Gasteiger partial charge in [-0.25, -0.2) is 0 Å². The van der Waals surface area contributed by atoms with Crippen molar-refractivity contribution in [2.45, 2.75) is 26.3 Å². The second kappa shape index (κ2) is 6.06. The predicted molar refractivity (Wildman–Crippen MR) is 65.3 cm³/mol. The van der Waals surface area contributed by atoms with E-state index in [4.69, 9.17) is 4.42 Å². The molecule has 0 bridgehead atoms. The van der Waals surface area contributed by atoms with Crippen molar-refractivity contribution in [2.24, 2.45) is 5.92 Å². The largest absolute Gasteiger partial charge is 0.468 e. The van der Waals surface area contributed by atoms with Crippen LogP contribution in [0.5, 0.6) is 0 Å². The van der Waals surface area contributed by atoms with E-state index in [9.17, 15) is 0 Å². The van der Waals surface area contributed by atoms with Gasteiger partial charge in [0.15, 0.2) is 0 Å². The third kappa shape index (κ3) is 3.35. The van der Waals surface area contributed by atoms with Crippen LogP contribution in [0.3, 0.4) is 0 Å². The van der Waals surface area contributed by atoms with Gasteiger partial charge in [-0.15, -0.1) is 0 Å². The topological polar surface area (TPSA) is 28.4 Å². The van der Waals surface area contributed by atoms with E-state index in [-0.39, 0.29) is 0 Å². The molecule has 1 atom stereocenters. The van der Waals surface area contributed by atoms with E-state index in [0.717, 1.165) is 24.8 Å². The lowest BCUT2D eigenvalue weighted by atomic mass is 9.99. The van der Waals surface area contributed by atoms with Crippen LogP contribution in [0.25, 0.3) is 0 Å². The summed E-state index contributed by atoms with van der Waals surface area (Å²) in [4.78, 5) is 2.47. The molecule has 0 spiro atoms. The molecule has 3 heteroatoms. The highest BCUT2D eigenvalue weighted by Crippen LogP contribution is 2.13. The standard InChI is InChI=1S/C13H22N2O/c1-2-15(11-13-6-4-8-16-13)10-12-5-3-7-14-9-12/h4,6,8,12,14H,2-3,5,7,9-11H2,1H3. The van der Waals surface area contributed by atoms with Crippen LogP contribution in [-0.2, 0) is 6.54 Å². The van der Waals surface area contributed by atoms with Crippen LogP contribution in [0.1, 0.15) is 25.5 Å². The van der Waals surface area contributed by atoms with Crippen LogP contribution >= 0.6 is 0 Å². The van der Waals surface area contributed by atoms with Gasteiger partial charge in [-0.05, 0) is 50.5 Å². The van der Waals surface area contributed by atoms with Crippen molar-refractivity contribution >= 4 is 0 Å². The maximum absolute atomic E-state index is 5.40. The highest BCUT2D eigenvalue weighted by atomic mass is 16.3. The number of hydrogen-bond donors (Lipinski definition) is 1. The molecule has 0 saturated carbocycles. The normalized spacial score (nSPS) is 21.5. The molecule has 1 N–H and O–H groups in total. The van der Waals surface area contributed by atoms with Crippen LogP contribution < -0.4 is 5.32 Å². The number of furan rings is 1. The molecule has 0 amide bonds. The van der Waals surface area contributed by atoms with Crippen LogP contribution in [0.4, 0.5) is 0 Å². The Morgan fingerprint density at radius 2 is 2.50 bits per heavy atom. The van der Waals surface area contributed by atoms with Crippen LogP contribution in [0.15, 0.2) is 22.8 Å². The van der Waals surface area contributed by atoms with Crippen LogP contribution in [0.2, 0.25) is 0 Å². The minimum Gasteiger partial charge on any atom is -0.468 e. The zero-order valence-corrected chi connectivity index (χ0v) is 10.1. The van der Waals surface area contributed by atoms with E-state index in [2.05, 4.69) is 23.2 Å². The van der Waals surface area contributed by atoms with Crippen molar-refractivity contribution in [3.63, 3.8) is 0 Å². The number of nitrogens with zero attached hydrogens (tertiary/aromatic N) is 1. The van der Waals surface area contributed by atoms with Gasteiger partial charge in [0.1, 0.15) is 5.76 Å². The molecule has 2 heterocycles. The van der Waals surface area contributed by atoms with Gasteiger partial charge < -0.3 is 9.73 Å². The fourth-order valence-electron chi connectivity index (χ4n) is 2.37. The number of piperidine rings is 1. The minimum atomic E-state index is 0.809. The molecule has 1 aromatic heterocycles. The second-order valence-corrected chi connectivity index (χ2v) is 4.62. The molecule has 0 radical (unpaired) electrons. The molecule has 1 aliphatic rings. The van der Waals surface area contributed by atoms with Crippen molar-refractivity contribution in [1.82, 2.24) is 10.2 Å². The van der Waals surface area contributed by atoms with Gasteiger partial charge in [-0.3, -0.25) is 4.90 Å². The Labute approximate surface area is 97.8 Å². The van der Waals surface area contributed by atoms with Crippen LogP contribution in [-0.4, -0.2) is 31.1 Å². The smallest absolute Gasteiger partial charge is 0.117 e. The van der Waals surface area contributed by atoms with E-state index < -0.39 is 0 Å². The number of hydrogen-bond acceptors (Lipinski definition) is 3. The quantitative estimate of drug-likeness (QED) is 0.827. The summed E-state index contributed by atoms with van der Waals surface area (Å²) in [6, 6.07) is 4.02. The van der Waals surface area contributed by atoms with Crippen molar-refractivity contribution in [2.75, 3.05) is 26.2 Å². The van der Waals surface area contributed by atoms with Gasteiger partial charge in [-0.1, -0.05) is 6.92 Å². The summed E-state index contributed by atoms with van der Waals surface area (Å²) in [5, 5.41) is 3.47. The Bertz CT molecular complexity index is 278. The first-order valence-corrected chi connectivity index (χ1v) is 6.34. The van der Waals surface area contributed by atoms with E-state index in [0.29, 0.717) is 0 Å². The first-order chi connectivity index (χ1) is 7.88. The maximum atomic E-state index is 5.40. The van der Waals surface area contributed by atoms with Gasteiger partial charge >= 0.3 is 0 Å². The molecule has 0 aliphatic carbocycles. The van der Waals surface area contributed by atoms with Crippen molar-refractivity contribution in [1.29, 1.82) is 0 Å². The Hall–Kier alpha value is -0.800. The first kappa shape index (κ1) is 11.7. The van der Waals surface area contributed by atoms with Gasteiger partial charge in [-0.2, -0.15) is 0 Å². The van der Waals surface area contributed by atoms with E-state index in [1.165, 1.54) is 32.5 Å². The molecule has 1 aromatic rings. The maximum Gasteiger partial charge on any atom is 0.117 e. The lowest BCUT2D eigenvalue weighted by Crippen LogP contribution is -2.38. The Kier molecular flexibility index (Phi) is 4.43. The van der Waals surface area contributed by atoms with Crippen molar-refractivity contribution in [3.05, 3.63) is 24.2 Å². The Morgan fingerprint density at radius 1 is 1.56 bits per heavy atom. The monoisotopic (exact) mass is 222 g/mol. The molecule has 3 nitrogen and oxygen atoms in total.